The summed E-state index contributed by atoms with van der Waals surface area (Å²) in [6.45, 7) is 3.80. The predicted molar refractivity (Wildman–Crippen MR) is 99.0 cm³/mol. The molecule has 2 aliphatic heterocycles. The van der Waals surface area contributed by atoms with Crippen LogP contribution in [0.4, 0.5) is 0 Å². The lowest BCUT2D eigenvalue weighted by atomic mass is 10.0. The van der Waals surface area contributed by atoms with Crippen LogP contribution in [0.2, 0.25) is 0 Å². The van der Waals surface area contributed by atoms with Gasteiger partial charge in [0.2, 0.25) is 5.78 Å². The van der Waals surface area contributed by atoms with Crippen LogP contribution in [0.25, 0.3) is 6.08 Å². The smallest absolute Gasteiger partial charge is 0.231 e. The molecule has 1 fully saturated rings. The van der Waals surface area contributed by atoms with E-state index in [0.717, 1.165) is 24.9 Å². The van der Waals surface area contributed by atoms with E-state index in [9.17, 15) is 9.90 Å². The van der Waals surface area contributed by atoms with Gasteiger partial charge < -0.3 is 9.84 Å². The van der Waals surface area contributed by atoms with Crippen molar-refractivity contribution in [1.82, 2.24) is 9.88 Å². The molecule has 0 spiro atoms. The molecular formula is C21H22N2O3. The van der Waals surface area contributed by atoms with Gasteiger partial charge in [0.1, 0.15) is 11.5 Å². The first-order valence-electron chi connectivity index (χ1n) is 9.06. The zero-order valence-corrected chi connectivity index (χ0v) is 14.8. The molecule has 2 aromatic rings. The Morgan fingerprint density at radius 2 is 2.08 bits per heavy atom. The second kappa shape index (κ2) is 6.92. The number of ketones is 1. The van der Waals surface area contributed by atoms with Crippen LogP contribution in [0.3, 0.4) is 0 Å². The van der Waals surface area contributed by atoms with E-state index < -0.39 is 0 Å². The molecule has 3 heterocycles. The van der Waals surface area contributed by atoms with E-state index in [4.69, 9.17) is 4.74 Å². The average molecular weight is 350 g/mol. The van der Waals surface area contributed by atoms with Gasteiger partial charge in [-0.15, -0.1) is 0 Å². The predicted octanol–water partition coefficient (Wildman–Crippen LogP) is 3.78. The minimum Gasteiger partial charge on any atom is -0.507 e. The molecule has 4 rings (SSSR count). The summed E-state index contributed by atoms with van der Waals surface area (Å²) in [6.07, 6.45) is 8.62. The summed E-state index contributed by atoms with van der Waals surface area (Å²) in [5.41, 5.74) is 2.07. The third kappa shape index (κ3) is 3.10. The van der Waals surface area contributed by atoms with Gasteiger partial charge in [0.15, 0.2) is 5.76 Å². The number of phenols is 1. The molecule has 1 N–H and O–H groups in total. The summed E-state index contributed by atoms with van der Waals surface area (Å²) in [7, 11) is 0. The number of phenolic OH excluding ortho intramolecular Hbond substituents is 1. The molecule has 0 unspecified atom stereocenters. The van der Waals surface area contributed by atoms with Gasteiger partial charge in [-0.3, -0.25) is 14.7 Å². The fourth-order valence-corrected chi connectivity index (χ4v) is 3.66. The number of hydrogen-bond donors (Lipinski definition) is 1. The third-order valence-corrected chi connectivity index (χ3v) is 5.22. The number of carbonyl (C=O) groups excluding carboxylic acids is 1. The van der Waals surface area contributed by atoms with Gasteiger partial charge in [0.25, 0.3) is 0 Å². The Morgan fingerprint density at radius 1 is 1.27 bits per heavy atom. The van der Waals surface area contributed by atoms with Gasteiger partial charge in [-0.2, -0.15) is 0 Å². The van der Waals surface area contributed by atoms with Crippen molar-refractivity contribution in [2.45, 2.75) is 38.8 Å². The number of ether oxygens (including phenoxy) is 1. The molecule has 1 aromatic heterocycles. The summed E-state index contributed by atoms with van der Waals surface area (Å²) >= 11 is 0. The highest BCUT2D eigenvalue weighted by Gasteiger charge is 2.32. The Labute approximate surface area is 152 Å². The lowest BCUT2D eigenvalue weighted by molar-refractivity contribution is 0.101. The van der Waals surface area contributed by atoms with Crippen LogP contribution in [0.1, 0.15) is 47.7 Å². The Hall–Kier alpha value is -2.66. The van der Waals surface area contributed by atoms with Gasteiger partial charge in [0, 0.05) is 25.0 Å². The van der Waals surface area contributed by atoms with E-state index in [1.54, 1.807) is 30.6 Å². The molecule has 5 nitrogen and oxygen atoms in total. The molecule has 26 heavy (non-hydrogen) atoms. The maximum atomic E-state index is 12.7. The van der Waals surface area contributed by atoms with Crippen molar-refractivity contribution in [2.75, 3.05) is 6.54 Å². The van der Waals surface area contributed by atoms with Crippen LogP contribution in [0, 0.1) is 0 Å². The van der Waals surface area contributed by atoms with Crippen molar-refractivity contribution in [2.24, 2.45) is 0 Å². The lowest BCUT2D eigenvalue weighted by Gasteiger charge is -2.33. The van der Waals surface area contributed by atoms with E-state index in [0.29, 0.717) is 29.5 Å². The molecule has 1 aromatic carbocycles. The van der Waals surface area contributed by atoms with Gasteiger partial charge >= 0.3 is 0 Å². The molecule has 0 amide bonds. The Morgan fingerprint density at radius 3 is 2.85 bits per heavy atom. The Balaban J connectivity index is 1.66. The molecular weight excluding hydrogens is 328 g/mol. The summed E-state index contributed by atoms with van der Waals surface area (Å²) in [5.74, 6) is 0.807. The van der Waals surface area contributed by atoms with Gasteiger partial charge in [-0.25, -0.2) is 0 Å². The fourth-order valence-electron chi connectivity index (χ4n) is 3.66. The van der Waals surface area contributed by atoms with Crippen LogP contribution >= 0.6 is 0 Å². The SMILES string of the molecule is C[C@H]1CCCCN1Cc1c(O)ccc2c1O/C(=C\c1ccncc1)C2=O. The number of aromatic hydroxyl groups is 1. The van der Waals surface area contributed by atoms with Crippen LogP contribution in [-0.4, -0.2) is 33.4 Å². The molecule has 134 valence electrons. The summed E-state index contributed by atoms with van der Waals surface area (Å²) in [5, 5.41) is 10.4. The van der Waals surface area contributed by atoms with Crippen LogP contribution in [0.15, 0.2) is 42.4 Å². The standard InChI is InChI=1S/C21H22N2O3/c1-14-4-2-3-11-23(14)13-17-18(24)6-5-16-20(25)19(26-21(16)17)12-15-7-9-22-10-8-15/h5-10,12,14,24H,2-4,11,13H2,1H3/b19-12-/t14-/m0/s1. The summed E-state index contributed by atoms with van der Waals surface area (Å²) < 4.78 is 5.92. The first-order valence-corrected chi connectivity index (χ1v) is 9.06. The fraction of sp³-hybridized carbons (Fsp3) is 0.333. The number of nitrogens with zero attached hydrogens (tertiary/aromatic N) is 2. The first kappa shape index (κ1) is 16.8. The largest absolute Gasteiger partial charge is 0.507 e. The molecule has 0 bridgehead atoms. The normalized spacial score (nSPS) is 21.7. The number of Topliss-reactive ketones (excluding diaryl/α,β-unsaturated/α-hetero) is 1. The molecule has 1 atom stereocenters. The highest BCUT2D eigenvalue weighted by Crippen LogP contribution is 2.40. The number of pyridine rings is 1. The van der Waals surface area contributed by atoms with Crippen molar-refractivity contribution in [3.05, 3.63) is 59.1 Å². The second-order valence-corrected chi connectivity index (χ2v) is 6.98. The maximum absolute atomic E-state index is 12.7. The molecule has 0 saturated carbocycles. The second-order valence-electron chi connectivity index (χ2n) is 6.98. The van der Waals surface area contributed by atoms with Crippen molar-refractivity contribution in [3.63, 3.8) is 0 Å². The minimum absolute atomic E-state index is 0.148. The number of piperidine rings is 1. The quantitative estimate of drug-likeness (QED) is 0.854. The third-order valence-electron chi connectivity index (χ3n) is 5.22. The van der Waals surface area contributed by atoms with E-state index in [2.05, 4.69) is 16.8 Å². The minimum atomic E-state index is -0.148. The molecule has 5 heteroatoms. The van der Waals surface area contributed by atoms with Crippen LogP contribution < -0.4 is 4.74 Å². The first-order chi connectivity index (χ1) is 12.6. The molecule has 0 aliphatic carbocycles. The number of benzene rings is 1. The van der Waals surface area contributed by atoms with Crippen molar-refractivity contribution < 1.29 is 14.6 Å². The monoisotopic (exact) mass is 350 g/mol. The Kier molecular flexibility index (Phi) is 4.47. The van der Waals surface area contributed by atoms with Gasteiger partial charge in [-0.1, -0.05) is 6.42 Å². The zero-order chi connectivity index (χ0) is 18.1. The van der Waals surface area contributed by atoms with Crippen LogP contribution in [0.5, 0.6) is 11.5 Å². The van der Waals surface area contributed by atoms with Gasteiger partial charge in [0.05, 0.1) is 11.1 Å². The highest BCUT2D eigenvalue weighted by molar-refractivity contribution is 6.14. The molecule has 2 aliphatic rings. The summed E-state index contributed by atoms with van der Waals surface area (Å²) in [6, 6.07) is 7.34. The number of hydrogen-bond acceptors (Lipinski definition) is 5. The van der Waals surface area contributed by atoms with E-state index in [1.165, 1.54) is 6.42 Å². The average Bonchev–Trinajstić information content (AvgIpc) is 2.96. The van der Waals surface area contributed by atoms with E-state index in [1.807, 2.05) is 12.1 Å². The van der Waals surface area contributed by atoms with Crippen LogP contribution in [-0.2, 0) is 6.54 Å². The zero-order valence-electron chi connectivity index (χ0n) is 14.8. The number of aromatic nitrogens is 1. The number of likely N-dealkylation sites (tertiary alicyclic amines) is 1. The number of rotatable bonds is 3. The van der Waals surface area contributed by atoms with Crippen molar-refractivity contribution in [1.29, 1.82) is 0 Å². The topological polar surface area (TPSA) is 62.7 Å². The number of allylic oxidation sites excluding steroid dienone is 1. The molecule has 1 saturated heterocycles. The summed E-state index contributed by atoms with van der Waals surface area (Å²) in [4.78, 5) is 19.0. The lowest BCUT2D eigenvalue weighted by Crippen LogP contribution is -2.36. The van der Waals surface area contributed by atoms with E-state index in [-0.39, 0.29) is 17.3 Å². The van der Waals surface area contributed by atoms with Gasteiger partial charge in [-0.05, 0) is 62.2 Å². The molecule has 0 radical (unpaired) electrons. The van der Waals surface area contributed by atoms with Crippen molar-refractivity contribution >= 4 is 11.9 Å². The number of carbonyl (C=O) groups is 1. The Bertz CT molecular complexity index is 861. The van der Waals surface area contributed by atoms with Crippen molar-refractivity contribution in [3.8, 4) is 11.5 Å². The van der Waals surface area contributed by atoms with E-state index >= 15 is 0 Å². The highest BCUT2D eigenvalue weighted by atomic mass is 16.5. The maximum Gasteiger partial charge on any atom is 0.231 e. The number of fused-ring (bicyclic) bond motifs is 1.